The highest BCUT2D eigenvalue weighted by Gasteiger charge is 2.79. The van der Waals surface area contributed by atoms with Crippen LogP contribution >= 0.6 is 0 Å². The van der Waals surface area contributed by atoms with Crippen molar-refractivity contribution in [2.45, 2.75) is 18.8 Å². The van der Waals surface area contributed by atoms with E-state index in [2.05, 4.69) is 6.07 Å². The maximum absolute atomic E-state index is 13.6. The molecule has 2 bridgehead atoms. The Kier molecular flexibility index (Phi) is 4.47. The van der Waals surface area contributed by atoms with Gasteiger partial charge in [0, 0.05) is 5.56 Å². The van der Waals surface area contributed by atoms with Crippen molar-refractivity contribution in [1.29, 1.82) is 21.2 Å². The zero-order chi connectivity index (χ0) is 22.4. The van der Waals surface area contributed by atoms with Gasteiger partial charge in [-0.1, -0.05) is 19.1 Å². The molecule has 7 nitrogen and oxygen atoms in total. The van der Waals surface area contributed by atoms with E-state index in [1.807, 2.05) is 12.1 Å². The predicted octanol–water partition coefficient (Wildman–Crippen LogP) is 3.95. The minimum absolute atomic E-state index is 0.326. The topological polar surface area (TPSA) is 123 Å². The molecule has 2 aliphatic heterocycles. The lowest BCUT2D eigenvalue weighted by Gasteiger charge is -2.48. The zero-order valence-electron chi connectivity index (χ0n) is 16.7. The van der Waals surface area contributed by atoms with Gasteiger partial charge in [0.15, 0.2) is 5.41 Å². The smallest absolute Gasteiger partial charge is 0.244 e. The molecule has 2 saturated heterocycles. The Morgan fingerprint density at radius 1 is 1.00 bits per heavy atom. The Balaban J connectivity index is 2.00. The molecule has 0 spiro atoms. The lowest BCUT2D eigenvalue weighted by molar-refractivity contribution is -0.288. The van der Waals surface area contributed by atoms with Crippen LogP contribution in [0.25, 0.3) is 0 Å². The van der Waals surface area contributed by atoms with Gasteiger partial charge in [-0.05, 0) is 42.0 Å². The third-order valence-corrected chi connectivity index (χ3v) is 6.33. The normalized spacial score (nSPS) is 30.4. The van der Waals surface area contributed by atoms with Gasteiger partial charge in [-0.2, -0.15) is 15.8 Å². The van der Waals surface area contributed by atoms with E-state index in [1.54, 1.807) is 31.2 Å². The molecule has 8 heteroatoms. The lowest BCUT2D eigenvalue weighted by Crippen LogP contribution is -2.57. The summed E-state index contributed by atoms with van der Waals surface area (Å²) >= 11 is 0. The number of ether oxygens (including phenoxy) is 3. The van der Waals surface area contributed by atoms with Gasteiger partial charge >= 0.3 is 0 Å². The molecule has 0 aromatic heterocycles. The first-order valence-corrected chi connectivity index (χ1v) is 9.45. The number of hydrogen-bond donors (Lipinski definition) is 1. The number of methoxy groups -OCH3 is 1. The number of halogens is 1. The van der Waals surface area contributed by atoms with Gasteiger partial charge in [0.1, 0.15) is 17.7 Å². The molecule has 4 rings (SSSR count). The number of nitriles is 3. The number of fused-ring (bicyclic) bond motifs is 2. The average molecular weight is 416 g/mol. The monoisotopic (exact) mass is 416 g/mol. The molecule has 0 radical (unpaired) electrons. The Labute approximate surface area is 178 Å². The third kappa shape index (κ3) is 2.36. The van der Waals surface area contributed by atoms with Crippen LogP contribution in [0.2, 0.25) is 0 Å². The van der Waals surface area contributed by atoms with Crippen molar-refractivity contribution < 1.29 is 18.6 Å². The first-order valence-electron chi connectivity index (χ1n) is 9.45. The van der Waals surface area contributed by atoms with E-state index in [4.69, 9.17) is 19.6 Å². The maximum Gasteiger partial charge on any atom is 0.244 e. The van der Waals surface area contributed by atoms with Crippen LogP contribution < -0.4 is 4.74 Å². The number of rotatable bonds is 3. The van der Waals surface area contributed by atoms with E-state index in [-0.39, 0.29) is 0 Å². The molecule has 0 amide bonds. The Morgan fingerprint density at radius 3 is 2.13 bits per heavy atom. The van der Waals surface area contributed by atoms with Crippen LogP contribution in [0.1, 0.15) is 24.2 Å². The molecule has 31 heavy (non-hydrogen) atoms. The summed E-state index contributed by atoms with van der Waals surface area (Å²) in [5.74, 6) is -2.90. The van der Waals surface area contributed by atoms with Crippen molar-refractivity contribution in [3.05, 3.63) is 65.5 Å². The minimum Gasteiger partial charge on any atom is -0.497 e. The first kappa shape index (κ1) is 20.3. The highest BCUT2D eigenvalue weighted by molar-refractivity contribution is 5.89. The summed E-state index contributed by atoms with van der Waals surface area (Å²) in [5, 5.41) is 39.1. The van der Waals surface area contributed by atoms with Gasteiger partial charge in [-0.3, -0.25) is 5.41 Å². The van der Waals surface area contributed by atoms with E-state index in [9.17, 15) is 20.2 Å². The second kappa shape index (κ2) is 6.80. The number of benzene rings is 2. The lowest BCUT2D eigenvalue weighted by atomic mass is 9.53. The molecule has 0 aliphatic carbocycles. The van der Waals surface area contributed by atoms with Gasteiger partial charge in [0.05, 0.1) is 31.2 Å². The average Bonchev–Trinajstić information content (AvgIpc) is 2.96. The first-order chi connectivity index (χ1) is 14.8. The van der Waals surface area contributed by atoms with Crippen LogP contribution in [0.15, 0.2) is 48.5 Å². The Morgan fingerprint density at radius 2 is 1.61 bits per heavy atom. The van der Waals surface area contributed by atoms with E-state index < -0.39 is 40.4 Å². The quantitative estimate of drug-likeness (QED) is 0.808. The number of nitrogens with zero attached hydrogens (tertiary/aromatic N) is 3. The van der Waals surface area contributed by atoms with E-state index >= 15 is 0 Å². The summed E-state index contributed by atoms with van der Waals surface area (Å²) < 4.78 is 31.0. The van der Waals surface area contributed by atoms with Gasteiger partial charge in [-0.25, -0.2) is 4.39 Å². The summed E-state index contributed by atoms with van der Waals surface area (Å²) in [7, 11) is 1.52. The predicted molar refractivity (Wildman–Crippen MR) is 105 cm³/mol. The summed E-state index contributed by atoms with van der Waals surface area (Å²) in [6, 6.07) is 17.9. The van der Waals surface area contributed by atoms with Gasteiger partial charge in [-0.15, -0.1) is 0 Å². The highest BCUT2D eigenvalue weighted by atomic mass is 19.1. The van der Waals surface area contributed by atoms with Gasteiger partial charge < -0.3 is 14.2 Å². The van der Waals surface area contributed by atoms with Crippen LogP contribution in [0.5, 0.6) is 5.75 Å². The van der Waals surface area contributed by atoms with Gasteiger partial charge in [0.2, 0.25) is 17.1 Å². The fourth-order valence-corrected chi connectivity index (χ4v) is 4.63. The Hall–Kier alpha value is -3.93. The minimum atomic E-state index is -2.09. The van der Waals surface area contributed by atoms with Crippen LogP contribution in [0.4, 0.5) is 4.39 Å². The zero-order valence-corrected chi connectivity index (χ0v) is 16.7. The molecule has 2 aliphatic rings. The molecule has 2 aromatic carbocycles. The molecular weight excluding hydrogens is 399 g/mol. The molecule has 4 atom stereocenters. The molecule has 154 valence electrons. The van der Waals surface area contributed by atoms with Crippen molar-refractivity contribution >= 4 is 5.90 Å². The van der Waals surface area contributed by atoms with E-state index in [0.717, 1.165) is 0 Å². The highest BCUT2D eigenvalue weighted by Crippen LogP contribution is 2.68. The molecule has 1 N–H and O–H groups in total. The Bertz CT molecular complexity index is 1160. The van der Waals surface area contributed by atoms with E-state index in [1.165, 1.54) is 31.4 Å². The summed E-state index contributed by atoms with van der Waals surface area (Å²) in [4.78, 5) is 0. The second-order valence-corrected chi connectivity index (χ2v) is 7.55. The van der Waals surface area contributed by atoms with Crippen LogP contribution in [0.3, 0.4) is 0 Å². The molecule has 2 aromatic rings. The fraction of sp³-hybridized carbons (Fsp3) is 0.304. The van der Waals surface area contributed by atoms with Crippen LogP contribution in [0, 0.1) is 62.0 Å². The second-order valence-electron chi connectivity index (χ2n) is 7.55. The number of nitrogens with one attached hydrogen (secondary N) is 1. The summed E-state index contributed by atoms with van der Waals surface area (Å²) in [6.07, 6.45) is -1.27. The SMILES string of the molecule is COc1ccc(C23OC(=N)C(C#N)(C2C)C(C#N)(C#N)C(c2ccc(F)cc2)O3)cc1. The number of hydrogen-bond acceptors (Lipinski definition) is 7. The standard InChI is InChI=1S/C23H17FN4O3/c1-14-22(13-27)20(28)31-23(14,16-5-9-18(29-2)10-6-16)30-19(21(22,11-25)12-26)15-3-7-17(24)8-4-15/h3-10,14,19,28H,1-2H3. The van der Waals surface area contributed by atoms with Crippen LogP contribution in [-0.4, -0.2) is 13.0 Å². The summed E-state index contributed by atoms with van der Waals surface area (Å²) in [5.41, 5.74) is -3.18. The van der Waals surface area contributed by atoms with Crippen molar-refractivity contribution in [3.63, 3.8) is 0 Å². The van der Waals surface area contributed by atoms with Crippen molar-refractivity contribution in [2.24, 2.45) is 16.7 Å². The molecule has 2 heterocycles. The third-order valence-electron chi connectivity index (χ3n) is 6.33. The largest absolute Gasteiger partial charge is 0.497 e. The maximum atomic E-state index is 13.6. The van der Waals surface area contributed by atoms with Crippen molar-refractivity contribution in [2.75, 3.05) is 7.11 Å². The molecule has 4 unspecified atom stereocenters. The molecule has 0 saturated carbocycles. The van der Waals surface area contributed by atoms with Crippen LogP contribution in [-0.2, 0) is 15.3 Å². The van der Waals surface area contributed by atoms with Gasteiger partial charge in [0.25, 0.3) is 0 Å². The molecular formula is C23H17FN4O3. The fourth-order valence-electron chi connectivity index (χ4n) is 4.63. The molecule has 2 fully saturated rings. The van der Waals surface area contributed by atoms with E-state index in [0.29, 0.717) is 16.9 Å². The summed E-state index contributed by atoms with van der Waals surface area (Å²) in [6.45, 7) is 1.62. The van der Waals surface area contributed by atoms with Crippen molar-refractivity contribution in [3.8, 4) is 24.0 Å². The van der Waals surface area contributed by atoms with Crippen molar-refractivity contribution in [1.82, 2.24) is 0 Å².